The summed E-state index contributed by atoms with van der Waals surface area (Å²) in [7, 11) is 0. The van der Waals surface area contributed by atoms with E-state index in [2.05, 4.69) is 20.8 Å². The molecule has 0 rings (SSSR count). The molecular formula is C15H34. The Labute approximate surface area is 98.9 Å². The van der Waals surface area contributed by atoms with E-state index in [9.17, 15) is 0 Å². The second kappa shape index (κ2) is 14.0. The van der Waals surface area contributed by atoms with Crippen molar-refractivity contribution >= 4 is 0 Å². The van der Waals surface area contributed by atoms with Gasteiger partial charge in [0.05, 0.1) is 0 Å². The summed E-state index contributed by atoms with van der Waals surface area (Å²) >= 11 is 0. The third-order valence-corrected chi connectivity index (χ3v) is 2.89. The summed E-state index contributed by atoms with van der Waals surface area (Å²) in [5.41, 5.74) is 0. The second-order valence-corrected chi connectivity index (χ2v) is 5.01. The molecule has 0 amide bonds. The highest BCUT2D eigenvalue weighted by Gasteiger charge is 1.94. The third-order valence-electron chi connectivity index (χ3n) is 2.89. The van der Waals surface area contributed by atoms with Crippen LogP contribution in [0.3, 0.4) is 0 Å². The average Bonchev–Trinajstić information content (AvgIpc) is 2.15. The van der Waals surface area contributed by atoms with Crippen molar-refractivity contribution in [3.63, 3.8) is 0 Å². The Bertz CT molecular complexity index is 94.2. The third kappa shape index (κ3) is 16.7. The number of hydrogen-bond acceptors (Lipinski definition) is 0. The van der Waals surface area contributed by atoms with Crippen LogP contribution in [0.5, 0.6) is 0 Å². The van der Waals surface area contributed by atoms with Gasteiger partial charge in [-0.1, -0.05) is 92.4 Å². The highest BCUT2D eigenvalue weighted by atomic mass is 14.0. The van der Waals surface area contributed by atoms with Gasteiger partial charge in [-0.3, -0.25) is 0 Å². The van der Waals surface area contributed by atoms with Crippen LogP contribution in [-0.4, -0.2) is 0 Å². The number of unbranched alkanes of at least 4 members (excludes halogenated alkanes) is 8. The maximum Gasteiger partial charge on any atom is -0.0471 e. The number of rotatable bonds is 10. The van der Waals surface area contributed by atoms with Gasteiger partial charge < -0.3 is 0 Å². The highest BCUT2D eigenvalue weighted by molar-refractivity contribution is 4.49. The predicted octanol–water partition coefficient (Wildman–Crippen LogP) is 6.20. The molecule has 0 bridgehead atoms. The van der Waals surface area contributed by atoms with Crippen molar-refractivity contribution in [2.45, 2.75) is 92.4 Å². The minimum atomic E-state index is 0. The molecule has 0 fully saturated rings. The average molecular weight is 214 g/mol. The molecule has 0 spiro atoms. The van der Waals surface area contributed by atoms with E-state index in [1.54, 1.807) is 0 Å². The Morgan fingerprint density at radius 1 is 0.667 bits per heavy atom. The zero-order valence-electron chi connectivity index (χ0n) is 10.6. The Morgan fingerprint density at radius 2 is 1.07 bits per heavy atom. The summed E-state index contributed by atoms with van der Waals surface area (Å²) in [6, 6.07) is 0. The predicted molar refractivity (Wildman–Crippen MR) is 73.4 cm³/mol. The maximum atomic E-state index is 2.32. The zero-order chi connectivity index (χ0) is 10.6. The van der Waals surface area contributed by atoms with Gasteiger partial charge in [0.2, 0.25) is 0 Å². The van der Waals surface area contributed by atoms with Gasteiger partial charge in [0.15, 0.2) is 0 Å². The van der Waals surface area contributed by atoms with Crippen molar-refractivity contribution < 1.29 is 0 Å². The zero-order valence-corrected chi connectivity index (χ0v) is 10.6. The van der Waals surface area contributed by atoms with E-state index in [1.807, 2.05) is 0 Å². The van der Waals surface area contributed by atoms with E-state index in [0.29, 0.717) is 0 Å². The molecule has 0 unspecified atom stereocenters. The molecule has 0 aliphatic heterocycles. The monoisotopic (exact) mass is 214 g/mol. The molecule has 0 nitrogen and oxygen atoms in total. The quantitative estimate of drug-likeness (QED) is 0.380. The highest BCUT2D eigenvalue weighted by Crippen LogP contribution is 2.12. The fourth-order valence-corrected chi connectivity index (χ4v) is 1.86. The van der Waals surface area contributed by atoms with Crippen molar-refractivity contribution in [2.75, 3.05) is 0 Å². The summed E-state index contributed by atoms with van der Waals surface area (Å²) in [6.45, 7) is 6.93. The molecule has 0 saturated carbocycles. The normalized spacial score (nSPS) is 10.4. The van der Waals surface area contributed by atoms with Crippen molar-refractivity contribution in [1.82, 2.24) is 0 Å². The van der Waals surface area contributed by atoms with Gasteiger partial charge in [0.1, 0.15) is 0 Å². The Hall–Kier alpha value is 0. The van der Waals surface area contributed by atoms with Crippen LogP contribution >= 0.6 is 0 Å². The Kier molecular flexibility index (Phi) is 16.2. The molecule has 15 heavy (non-hydrogen) atoms. The largest absolute Gasteiger partial charge is 0.0776 e. The SMILES string of the molecule is C.CCCCCCCCCCCC(C)C. The minimum Gasteiger partial charge on any atom is -0.0776 e. The molecule has 0 heteroatoms. The first kappa shape index (κ1) is 17.4. The first-order valence-electron chi connectivity index (χ1n) is 6.77. The minimum absolute atomic E-state index is 0. The van der Waals surface area contributed by atoms with Gasteiger partial charge in [-0.25, -0.2) is 0 Å². The topological polar surface area (TPSA) is 0 Å². The molecule has 0 aromatic rings. The molecule has 0 saturated heterocycles. The lowest BCUT2D eigenvalue weighted by atomic mass is 10.0. The molecule has 0 heterocycles. The van der Waals surface area contributed by atoms with Crippen molar-refractivity contribution in [3.05, 3.63) is 0 Å². The van der Waals surface area contributed by atoms with E-state index in [1.165, 1.54) is 64.2 Å². The lowest BCUT2D eigenvalue weighted by Crippen LogP contribution is -1.87. The van der Waals surface area contributed by atoms with Gasteiger partial charge in [0, 0.05) is 0 Å². The molecule has 0 aliphatic carbocycles. The van der Waals surface area contributed by atoms with Crippen LogP contribution < -0.4 is 0 Å². The molecule has 0 N–H and O–H groups in total. The van der Waals surface area contributed by atoms with E-state index >= 15 is 0 Å². The molecule has 0 aromatic carbocycles. The van der Waals surface area contributed by atoms with E-state index in [4.69, 9.17) is 0 Å². The summed E-state index contributed by atoms with van der Waals surface area (Å²) in [5, 5.41) is 0. The fraction of sp³-hybridized carbons (Fsp3) is 1.00. The van der Waals surface area contributed by atoms with Crippen LogP contribution in [0.15, 0.2) is 0 Å². The van der Waals surface area contributed by atoms with Gasteiger partial charge in [-0.2, -0.15) is 0 Å². The van der Waals surface area contributed by atoms with Crippen molar-refractivity contribution in [1.29, 1.82) is 0 Å². The van der Waals surface area contributed by atoms with E-state index in [0.717, 1.165) is 5.92 Å². The summed E-state index contributed by atoms with van der Waals surface area (Å²) in [6.07, 6.45) is 14.5. The lowest BCUT2D eigenvalue weighted by molar-refractivity contribution is 0.507. The van der Waals surface area contributed by atoms with E-state index < -0.39 is 0 Å². The molecule has 0 aromatic heterocycles. The Morgan fingerprint density at radius 3 is 1.47 bits per heavy atom. The Balaban J connectivity index is 0. The summed E-state index contributed by atoms with van der Waals surface area (Å²) in [4.78, 5) is 0. The molecule has 0 radical (unpaired) electrons. The van der Waals surface area contributed by atoms with Crippen LogP contribution in [0.4, 0.5) is 0 Å². The van der Waals surface area contributed by atoms with Crippen LogP contribution in [0.2, 0.25) is 0 Å². The van der Waals surface area contributed by atoms with Crippen LogP contribution in [0.25, 0.3) is 0 Å². The first-order valence-corrected chi connectivity index (χ1v) is 6.77. The molecular weight excluding hydrogens is 180 g/mol. The van der Waals surface area contributed by atoms with Gasteiger partial charge in [-0.15, -0.1) is 0 Å². The van der Waals surface area contributed by atoms with Gasteiger partial charge in [0.25, 0.3) is 0 Å². The van der Waals surface area contributed by atoms with E-state index in [-0.39, 0.29) is 7.43 Å². The molecule has 0 aliphatic rings. The fourth-order valence-electron chi connectivity index (χ4n) is 1.86. The summed E-state index contributed by atoms with van der Waals surface area (Å²) in [5.74, 6) is 0.902. The van der Waals surface area contributed by atoms with Gasteiger partial charge >= 0.3 is 0 Å². The molecule has 94 valence electrons. The molecule has 0 atom stereocenters. The van der Waals surface area contributed by atoms with Crippen LogP contribution in [0, 0.1) is 5.92 Å². The maximum absolute atomic E-state index is 2.32. The van der Waals surface area contributed by atoms with Crippen molar-refractivity contribution in [3.8, 4) is 0 Å². The van der Waals surface area contributed by atoms with Crippen LogP contribution in [0.1, 0.15) is 92.4 Å². The second-order valence-electron chi connectivity index (χ2n) is 5.01. The first-order chi connectivity index (χ1) is 6.77. The standard InChI is InChI=1S/C14H30.CH4/c1-4-5-6-7-8-9-10-11-12-13-14(2)3;/h14H,4-13H2,1-3H3;1H4. The van der Waals surface area contributed by atoms with Crippen LogP contribution in [-0.2, 0) is 0 Å². The summed E-state index contributed by atoms with van der Waals surface area (Å²) < 4.78 is 0. The number of hydrogen-bond donors (Lipinski definition) is 0. The van der Waals surface area contributed by atoms with Gasteiger partial charge in [-0.05, 0) is 5.92 Å². The van der Waals surface area contributed by atoms with Crippen molar-refractivity contribution in [2.24, 2.45) is 5.92 Å². The smallest absolute Gasteiger partial charge is 0.0471 e. The lowest BCUT2D eigenvalue weighted by Gasteiger charge is -2.04.